The first kappa shape index (κ1) is 19.4. The average Bonchev–Trinajstić information content (AvgIpc) is 2.69. The number of nitrogens with one attached hydrogen (secondary N) is 1. The van der Waals surface area contributed by atoms with Crippen LogP contribution in [0, 0.1) is 5.92 Å². The average molecular weight is 439 g/mol. The van der Waals surface area contributed by atoms with Crippen molar-refractivity contribution in [2.24, 2.45) is 5.92 Å². The summed E-state index contributed by atoms with van der Waals surface area (Å²) in [6, 6.07) is 14.6. The van der Waals surface area contributed by atoms with Crippen molar-refractivity contribution in [1.82, 2.24) is 5.32 Å². The number of hydrogen-bond donors (Lipinski definition) is 2. The third kappa shape index (κ3) is 4.29. The zero-order valence-corrected chi connectivity index (χ0v) is 16.6. The van der Waals surface area contributed by atoms with Crippen LogP contribution < -0.4 is 5.32 Å². The van der Waals surface area contributed by atoms with Crippen LogP contribution in [0.3, 0.4) is 0 Å². The lowest BCUT2D eigenvalue weighted by atomic mass is 9.77. The van der Waals surface area contributed by atoms with Gasteiger partial charge in [0, 0.05) is 17.7 Å². The van der Waals surface area contributed by atoms with Crippen LogP contribution in [0.1, 0.15) is 28.8 Å². The lowest BCUT2D eigenvalue weighted by molar-refractivity contribution is -0.0680. The molecule has 0 spiro atoms. The molecule has 0 aliphatic carbocycles. The second kappa shape index (κ2) is 8.53. The molecule has 6 heteroatoms. The highest BCUT2D eigenvalue weighted by Crippen LogP contribution is 2.36. The number of ether oxygens (including phenoxy) is 1. The van der Waals surface area contributed by atoms with E-state index in [1.165, 1.54) is 0 Å². The van der Waals surface area contributed by atoms with Crippen molar-refractivity contribution in [1.29, 1.82) is 0 Å². The maximum Gasteiger partial charge on any atom is 0.252 e. The highest BCUT2D eigenvalue weighted by atomic mass is 79.9. The Morgan fingerprint density at radius 1 is 1.23 bits per heavy atom. The summed E-state index contributed by atoms with van der Waals surface area (Å²) in [5, 5.41) is 14.8. The maximum atomic E-state index is 12.6. The molecular formula is C20H21BrClNO3. The SMILES string of the molecule is O=C(NC[C@@](O)(c1ccccc1)C1CCOCC1)c1cc(Br)ccc1Cl. The lowest BCUT2D eigenvalue weighted by Crippen LogP contribution is -2.47. The Morgan fingerprint density at radius 3 is 2.62 bits per heavy atom. The van der Waals surface area contributed by atoms with Crippen LogP contribution in [0.2, 0.25) is 5.02 Å². The molecule has 2 N–H and O–H groups in total. The van der Waals surface area contributed by atoms with Crippen molar-refractivity contribution in [2.75, 3.05) is 19.8 Å². The van der Waals surface area contributed by atoms with Crippen LogP contribution in [0.4, 0.5) is 0 Å². The van der Waals surface area contributed by atoms with Gasteiger partial charge >= 0.3 is 0 Å². The van der Waals surface area contributed by atoms with Gasteiger partial charge in [-0.2, -0.15) is 0 Å². The molecule has 1 atom stereocenters. The Labute approximate surface area is 166 Å². The molecule has 0 unspecified atom stereocenters. The van der Waals surface area contributed by atoms with Gasteiger partial charge in [-0.3, -0.25) is 4.79 Å². The third-order valence-corrected chi connectivity index (χ3v) is 5.68. The molecule has 2 aromatic rings. The van der Waals surface area contributed by atoms with E-state index in [1.54, 1.807) is 18.2 Å². The van der Waals surface area contributed by atoms with Gasteiger partial charge in [-0.1, -0.05) is 57.9 Å². The number of halogens is 2. The smallest absolute Gasteiger partial charge is 0.252 e. The van der Waals surface area contributed by atoms with Gasteiger partial charge in [-0.05, 0) is 42.5 Å². The van der Waals surface area contributed by atoms with Gasteiger partial charge in [0.15, 0.2) is 0 Å². The Kier molecular flexibility index (Phi) is 6.35. The summed E-state index contributed by atoms with van der Waals surface area (Å²) in [4.78, 5) is 12.6. The van der Waals surface area contributed by atoms with Crippen molar-refractivity contribution >= 4 is 33.4 Å². The predicted octanol–water partition coefficient (Wildman–Crippen LogP) is 4.15. The number of hydrogen-bond acceptors (Lipinski definition) is 3. The van der Waals surface area contributed by atoms with Crippen LogP contribution in [0.25, 0.3) is 0 Å². The summed E-state index contributed by atoms with van der Waals surface area (Å²) in [6.45, 7) is 1.35. The van der Waals surface area contributed by atoms with Gasteiger partial charge in [0.25, 0.3) is 5.91 Å². The van der Waals surface area contributed by atoms with Crippen molar-refractivity contribution in [3.8, 4) is 0 Å². The van der Waals surface area contributed by atoms with Crippen molar-refractivity contribution in [3.05, 3.63) is 69.2 Å². The summed E-state index contributed by atoms with van der Waals surface area (Å²) in [7, 11) is 0. The summed E-state index contributed by atoms with van der Waals surface area (Å²) >= 11 is 9.50. The molecule has 138 valence electrons. The lowest BCUT2D eigenvalue weighted by Gasteiger charge is -2.39. The maximum absolute atomic E-state index is 12.6. The standard InChI is InChI=1S/C20H21BrClNO3/c21-16-6-7-18(22)17(12-16)19(24)23-13-20(25,14-4-2-1-3-5-14)15-8-10-26-11-9-15/h1-7,12,15,25H,8-11,13H2,(H,23,24)/t20-/m1/s1. The fraction of sp³-hybridized carbons (Fsp3) is 0.350. The molecule has 0 saturated carbocycles. The molecule has 1 heterocycles. The topological polar surface area (TPSA) is 58.6 Å². The molecule has 2 aromatic carbocycles. The Bertz CT molecular complexity index is 765. The molecule has 0 radical (unpaired) electrons. The summed E-state index contributed by atoms with van der Waals surface area (Å²) in [6.07, 6.45) is 1.50. The van der Waals surface area contributed by atoms with E-state index in [-0.39, 0.29) is 18.4 Å². The van der Waals surface area contributed by atoms with Gasteiger partial charge in [0.05, 0.1) is 17.1 Å². The number of benzene rings is 2. The van der Waals surface area contributed by atoms with Gasteiger partial charge in [-0.25, -0.2) is 0 Å². The van der Waals surface area contributed by atoms with Crippen LogP contribution in [-0.2, 0) is 10.3 Å². The molecular weight excluding hydrogens is 418 g/mol. The third-order valence-electron chi connectivity index (χ3n) is 4.86. The first-order valence-corrected chi connectivity index (χ1v) is 9.77. The molecule has 1 fully saturated rings. The molecule has 3 rings (SSSR count). The molecule has 26 heavy (non-hydrogen) atoms. The Hall–Kier alpha value is -1.40. The molecule has 1 saturated heterocycles. The molecule has 4 nitrogen and oxygen atoms in total. The second-order valence-corrected chi connectivity index (χ2v) is 7.81. The number of rotatable bonds is 5. The summed E-state index contributed by atoms with van der Waals surface area (Å²) < 4.78 is 6.21. The molecule has 1 aliphatic rings. The minimum Gasteiger partial charge on any atom is -0.383 e. The number of amides is 1. The van der Waals surface area contributed by atoms with E-state index >= 15 is 0 Å². The zero-order chi connectivity index (χ0) is 18.6. The van der Waals surface area contributed by atoms with Crippen LogP contribution >= 0.6 is 27.5 Å². The van der Waals surface area contributed by atoms with Crippen molar-refractivity contribution in [3.63, 3.8) is 0 Å². The van der Waals surface area contributed by atoms with E-state index in [2.05, 4.69) is 21.2 Å². The van der Waals surface area contributed by atoms with Crippen LogP contribution in [0.15, 0.2) is 53.0 Å². The van der Waals surface area contributed by atoms with Crippen LogP contribution in [0.5, 0.6) is 0 Å². The van der Waals surface area contributed by atoms with E-state index in [0.717, 1.165) is 22.9 Å². The first-order chi connectivity index (χ1) is 12.5. The highest BCUT2D eigenvalue weighted by molar-refractivity contribution is 9.10. The summed E-state index contributed by atoms with van der Waals surface area (Å²) in [5.41, 5.74) is 0.0232. The molecule has 1 amide bonds. The number of aliphatic hydroxyl groups is 1. The Balaban J connectivity index is 1.82. The second-order valence-electron chi connectivity index (χ2n) is 6.48. The van der Waals surface area contributed by atoms with E-state index in [9.17, 15) is 9.90 Å². The van der Waals surface area contributed by atoms with Crippen molar-refractivity contribution < 1.29 is 14.6 Å². The van der Waals surface area contributed by atoms with E-state index < -0.39 is 5.60 Å². The van der Waals surface area contributed by atoms with Gasteiger partial charge < -0.3 is 15.2 Å². The first-order valence-electron chi connectivity index (χ1n) is 8.59. The molecule has 1 aliphatic heterocycles. The highest BCUT2D eigenvalue weighted by Gasteiger charge is 2.39. The van der Waals surface area contributed by atoms with E-state index in [4.69, 9.17) is 16.3 Å². The minimum absolute atomic E-state index is 0.0110. The normalized spacial score (nSPS) is 17.5. The van der Waals surface area contributed by atoms with Crippen LogP contribution in [-0.4, -0.2) is 30.8 Å². The fourth-order valence-corrected chi connectivity index (χ4v) is 3.93. The minimum atomic E-state index is -1.15. The monoisotopic (exact) mass is 437 g/mol. The molecule has 0 aromatic heterocycles. The van der Waals surface area contributed by atoms with Gasteiger partial charge in [0.1, 0.15) is 5.60 Å². The Morgan fingerprint density at radius 2 is 1.92 bits per heavy atom. The van der Waals surface area contributed by atoms with E-state index in [1.807, 2.05) is 30.3 Å². The van der Waals surface area contributed by atoms with E-state index in [0.29, 0.717) is 23.8 Å². The fourth-order valence-electron chi connectivity index (χ4n) is 3.37. The quantitative estimate of drug-likeness (QED) is 0.737. The number of carbonyl (C=O) groups excluding carboxylic acids is 1. The zero-order valence-electron chi connectivity index (χ0n) is 14.3. The van der Waals surface area contributed by atoms with Crippen molar-refractivity contribution in [2.45, 2.75) is 18.4 Å². The summed E-state index contributed by atoms with van der Waals surface area (Å²) in [5.74, 6) is -0.297. The predicted molar refractivity (Wildman–Crippen MR) is 105 cm³/mol. The van der Waals surface area contributed by atoms with Gasteiger partial charge in [-0.15, -0.1) is 0 Å². The molecule has 0 bridgehead atoms. The largest absolute Gasteiger partial charge is 0.383 e. The number of carbonyl (C=O) groups is 1. The van der Waals surface area contributed by atoms with Gasteiger partial charge in [0.2, 0.25) is 0 Å².